The Morgan fingerprint density at radius 3 is 2.80 bits per heavy atom. The molecule has 2 unspecified atom stereocenters. The van der Waals surface area contributed by atoms with Gasteiger partial charge < -0.3 is 10.1 Å². The molecule has 2 nitrogen and oxygen atoms in total. The molecule has 1 saturated heterocycles. The standard InChI is InChI=1S/C13H25NO/c1-3-6-11(2)12-9-14-10-13(15-12)7-4-5-8-13/h11-12,14H,3-10H2,1-2H3. The molecular weight excluding hydrogens is 186 g/mol. The second kappa shape index (κ2) is 4.84. The molecule has 88 valence electrons. The van der Waals surface area contributed by atoms with Gasteiger partial charge >= 0.3 is 0 Å². The molecule has 0 aromatic rings. The molecule has 1 N–H and O–H groups in total. The number of hydrogen-bond acceptors (Lipinski definition) is 2. The SMILES string of the molecule is CCCC(C)C1CNCC2(CCCC2)O1. The van der Waals surface area contributed by atoms with Gasteiger partial charge in [0.2, 0.25) is 0 Å². The zero-order chi connectivity index (χ0) is 10.7. The summed E-state index contributed by atoms with van der Waals surface area (Å²) in [6.07, 6.45) is 8.28. The van der Waals surface area contributed by atoms with E-state index in [4.69, 9.17) is 4.74 Å². The third-order valence-electron chi connectivity index (χ3n) is 4.09. The van der Waals surface area contributed by atoms with Crippen LogP contribution in [0.5, 0.6) is 0 Å². The first-order chi connectivity index (χ1) is 7.26. The Labute approximate surface area is 93.8 Å². The molecule has 1 spiro atoms. The first-order valence-electron chi connectivity index (χ1n) is 6.64. The number of nitrogens with one attached hydrogen (secondary N) is 1. The number of morpholine rings is 1. The fraction of sp³-hybridized carbons (Fsp3) is 1.00. The van der Waals surface area contributed by atoms with E-state index in [2.05, 4.69) is 19.2 Å². The second-order valence-electron chi connectivity index (χ2n) is 5.44. The van der Waals surface area contributed by atoms with Crippen LogP contribution in [0.4, 0.5) is 0 Å². The van der Waals surface area contributed by atoms with E-state index in [0.717, 1.165) is 13.1 Å². The minimum atomic E-state index is 0.213. The van der Waals surface area contributed by atoms with Gasteiger partial charge in [-0.1, -0.05) is 33.1 Å². The van der Waals surface area contributed by atoms with Crippen LogP contribution < -0.4 is 5.32 Å². The molecule has 0 radical (unpaired) electrons. The average molecular weight is 211 g/mol. The van der Waals surface area contributed by atoms with Gasteiger partial charge in [0.15, 0.2) is 0 Å². The van der Waals surface area contributed by atoms with Crippen molar-refractivity contribution >= 4 is 0 Å². The Kier molecular flexibility index (Phi) is 3.68. The Hall–Kier alpha value is -0.0800. The number of rotatable bonds is 3. The van der Waals surface area contributed by atoms with Gasteiger partial charge in [-0.2, -0.15) is 0 Å². The topological polar surface area (TPSA) is 21.3 Å². The van der Waals surface area contributed by atoms with Crippen LogP contribution in [0.2, 0.25) is 0 Å². The van der Waals surface area contributed by atoms with Crippen molar-refractivity contribution < 1.29 is 4.74 Å². The van der Waals surface area contributed by atoms with Gasteiger partial charge in [0.05, 0.1) is 11.7 Å². The molecule has 2 fully saturated rings. The molecule has 2 rings (SSSR count). The predicted molar refractivity (Wildman–Crippen MR) is 63.0 cm³/mol. The van der Waals surface area contributed by atoms with Crippen LogP contribution in [0.25, 0.3) is 0 Å². The summed E-state index contributed by atoms with van der Waals surface area (Å²) in [6, 6.07) is 0. The van der Waals surface area contributed by atoms with Crippen molar-refractivity contribution in [2.75, 3.05) is 13.1 Å². The van der Waals surface area contributed by atoms with Crippen molar-refractivity contribution in [3.8, 4) is 0 Å². The molecule has 1 aliphatic heterocycles. The van der Waals surface area contributed by atoms with Crippen LogP contribution in [0.3, 0.4) is 0 Å². The maximum atomic E-state index is 6.39. The summed E-state index contributed by atoms with van der Waals surface area (Å²) in [5.74, 6) is 0.709. The third kappa shape index (κ3) is 2.54. The molecule has 2 atom stereocenters. The van der Waals surface area contributed by atoms with Crippen molar-refractivity contribution in [2.24, 2.45) is 5.92 Å². The highest BCUT2D eigenvalue weighted by Gasteiger charge is 2.40. The zero-order valence-electron chi connectivity index (χ0n) is 10.2. The van der Waals surface area contributed by atoms with Crippen molar-refractivity contribution in [1.29, 1.82) is 0 Å². The average Bonchev–Trinajstić information content (AvgIpc) is 2.67. The minimum Gasteiger partial charge on any atom is -0.369 e. The Morgan fingerprint density at radius 1 is 1.40 bits per heavy atom. The predicted octanol–water partition coefficient (Wildman–Crippen LogP) is 2.72. The Bertz CT molecular complexity index is 199. The third-order valence-corrected chi connectivity index (χ3v) is 4.09. The summed E-state index contributed by atoms with van der Waals surface area (Å²) in [6.45, 7) is 6.74. The smallest absolute Gasteiger partial charge is 0.0810 e. The Morgan fingerprint density at radius 2 is 2.13 bits per heavy atom. The molecule has 15 heavy (non-hydrogen) atoms. The fourth-order valence-electron chi connectivity index (χ4n) is 3.12. The highest BCUT2D eigenvalue weighted by molar-refractivity contribution is 4.93. The van der Waals surface area contributed by atoms with Gasteiger partial charge in [-0.25, -0.2) is 0 Å². The van der Waals surface area contributed by atoms with E-state index in [1.54, 1.807) is 0 Å². The van der Waals surface area contributed by atoms with Gasteiger partial charge in [0.1, 0.15) is 0 Å². The summed E-state index contributed by atoms with van der Waals surface area (Å²) < 4.78 is 6.39. The highest BCUT2D eigenvalue weighted by atomic mass is 16.5. The summed E-state index contributed by atoms with van der Waals surface area (Å²) in [5, 5.41) is 3.58. The van der Waals surface area contributed by atoms with Gasteiger partial charge in [-0.3, -0.25) is 0 Å². The van der Waals surface area contributed by atoms with Gasteiger partial charge in [-0.15, -0.1) is 0 Å². The molecule has 1 aliphatic carbocycles. The Balaban J connectivity index is 1.91. The lowest BCUT2D eigenvalue weighted by molar-refractivity contribution is -0.130. The van der Waals surface area contributed by atoms with Crippen LogP contribution in [-0.2, 0) is 4.74 Å². The maximum Gasteiger partial charge on any atom is 0.0810 e. The molecule has 2 heteroatoms. The molecule has 1 heterocycles. The van der Waals surface area contributed by atoms with E-state index >= 15 is 0 Å². The zero-order valence-corrected chi connectivity index (χ0v) is 10.2. The van der Waals surface area contributed by atoms with Crippen molar-refractivity contribution in [2.45, 2.75) is 64.1 Å². The number of ether oxygens (including phenoxy) is 1. The van der Waals surface area contributed by atoms with E-state index in [1.807, 2.05) is 0 Å². The van der Waals surface area contributed by atoms with Crippen LogP contribution in [0.15, 0.2) is 0 Å². The maximum absolute atomic E-state index is 6.39. The van der Waals surface area contributed by atoms with Crippen molar-refractivity contribution in [3.05, 3.63) is 0 Å². The van der Waals surface area contributed by atoms with E-state index in [1.165, 1.54) is 38.5 Å². The molecule has 0 amide bonds. The quantitative estimate of drug-likeness (QED) is 0.775. The summed E-state index contributed by atoms with van der Waals surface area (Å²) in [4.78, 5) is 0. The highest BCUT2D eigenvalue weighted by Crippen LogP contribution is 2.36. The van der Waals surface area contributed by atoms with Crippen LogP contribution in [0.1, 0.15) is 52.4 Å². The van der Waals surface area contributed by atoms with Crippen LogP contribution in [0, 0.1) is 5.92 Å². The molecule has 2 aliphatic rings. The second-order valence-corrected chi connectivity index (χ2v) is 5.44. The molecule has 0 aromatic carbocycles. The van der Waals surface area contributed by atoms with Crippen LogP contribution >= 0.6 is 0 Å². The van der Waals surface area contributed by atoms with Gasteiger partial charge in [0, 0.05) is 13.1 Å². The van der Waals surface area contributed by atoms with Crippen molar-refractivity contribution in [1.82, 2.24) is 5.32 Å². The lowest BCUT2D eigenvalue weighted by Crippen LogP contribution is -2.54. The van der Waals surface area contributed by atoms with E-state index in [-0.39, 0.29) is 5.60 Å². The van der Waals surface area contributed by atoms with Gasteiger partial charge in [0.25, 0.3) is 0 Å². The largest absolute Gasteiger partial charge is 0.369 e. The first-order valence-corrected chi connectivity index (χ1v) is 6.64. The van der Waals surface area contributed by atoms with E-state index in [0.29, 0.717) is 12.0 Å². The molecular formula is C13H25NO. The normalized spacial score (nSPS) is 32.0. The van der Waals surface area contributed by atoms with Crippen molar-refractivity contribution in [3.63, 3.8) is 0 Å². The van der Waals surface area contributed by atoms with E-state index in [9.17, 15) is 0 Å². The summed E-state index contributed by atoms with van der Waals surface area (Å²) in [5.41, 5.74) is 0.213. The lowest BCUT2D eigenvalue weighted by Gasteiger charge is -2.41. The molecule has 1 saturated carbocycles. The van der Waals surface area contributed by atoms with Crippen LogP contribution in [-0.4, -0.2) is 24.8 Å². The van der Waals surface area contributed by atoms with E-state index < -0.39 is 0 Å². The minimum absolute atomic E-state index is 0.213. The first kappa shape index (κ1) is 11.4. The number of hydrogen-bond donors (Lipinski definition) is 1. The fourth-order valence-corrected chi connectivity index (χ4v) is 3.12. The summed E-state index contributed by atoms with van der Waals surface area (Å²) in [7, 11) is 0. The molecule has 0 bridgehead atoms. The summed E-state index contributed by atoms with van der Waals surface area (Å²) >= 11 is 0. The molecule has 0 aromatic heterocycles. The lowest BCUT2D eigenvalue weighted by atomic mass is 9.93. The van der Waals surface area contributed by atoms with Gasteiger partial charge in [-0.05, 0) is 25.2 Å². The monoisotopic (exact) mass is 211 g/mol.